The SMILES string of the molecule is N=C(Nc1cc(C(OCC2CC2)c2cccnc2)ccc1F)c1cc(C(F)(F)F)nn1-c1cccc(CN)c1. The van der Waals surface area contributed by atoms with Gasteiger partial charge in [-0.1, -0.05) is 24.3 Å². The highest BCUT2D eigenvalue weighted by atomic mass is 19.4. The van der Waals surface area contributed by atoms with Crippen LogP contribution in [0.3, 0.4) is 0 Å². The Hall–Kier alpha value is -4.09. The van der Waals surface area contributed by atoms with Crippen LogP contribution in [-0.2, 0) is 17.5 Å². The summed E-state index contributed by atoms with van der Waals surface area (Å²) in [5, 5.41) is 14.9. The molecule has 1 saturated carbocycles. The largest absolute Gasteiger partial charge is 0.435 e. The van der Waals surface area contributed by atoms with Crippen molar-refractivity contribution in [2.45, 2.75) is 31.7 Å². The van der Waals surface area contributed by atoms with E-state index in [-0.39, 0.29) is 23.6 Å². The minimum absolute atomic E-state index is 0.0848. The molecule has 1 aliphatic rings. The first-order valence-corrected chi connectivity index (χ1v) is 12.4. The lowest BCUT2D eigenvalue weighted by Gasteiger charge is -2.20. The van der Waals surface area contributed by atoms with Crippen LogP contribution < -0.4 is 11.1 Å². The standard InChI is InChI=1S/C28H26F4N6O/c29-22-9-8-19(26(39-16-17-6-7-17)20-4-2-10-35-15-20)12-23(22)36-27(34)24-13-25(28(30,31)32)37-38(24)21-5-1-3-18(11-21)14-33/h1-5,8-13,15,17,26H,6-7,14,16,33H2,(H2,34,36). The van der Waals surface area contributed by atoms with Gasteiger partial charge >= 0.3 is 6.18 Å². The van der Waals surface area contributed by atoms with Gasteiger partial charge in [-0.05, 0) is 60.2 Å². The Balaban J connectivity index is 1.48. The molecule has 0 radical (unpaired) electrons. The normalized spacial score (nSPS) is 14.3. The van der Waals surface area contributed by atoms with E-state index in [1.165, 1.54) is 12.1 Å². The lowest BCUT2D eigenvalue weighted by molar-refractivity contribution is -0.141. The number of pyridine rings is 1. The molecular formula is C28H26F4N6O. The first-order valence-electron chi connectivity index (χ1n) is 12.4. The molecule has 4 N–H and O–H groups in total. The zero-order valence-corrected chi connectivity index (χ0v) is 20.8. The molecule has 1 aliphatic carbocycles. The molecule has 1 fully saturated rings. The number of hydrogen-bond donors (Lipinski definition) is 3. The van der Waals surface area contributed by atoms with Crippen LogP contribution in [0.1, 0.15) is 47.0 Å². The third kappa shape index (κ3) is 6.15. The van der Waals surface area contributed by atoms with E-state index < -0.39 is 29.6 Å². The Morgan fingerprint density at radius 1 is 1.10 bits per heavy atom. The van der Waals surface area contributed by atoms with Crippen LogP contribution in [0.5, 0.6) is 0 Å². The van der Waals surface area contributed by atoms with Gasteiger partial charge in [0.05, 0.1) is 18.0 Å². The second kappa shape index (κ2) is 11.0. The van der Waals surface area contributed by atoms with Gasteiger partial charge in [0.15, 0.2) is 5.69 Å². The van der Waals surface area contributed by atoms with E-state index in [1.54, 1.807) is 48.8 Å². The van der Waals surface area contributed by atoms with Crippen LogP contribution in [-0.4, -0.2) is 27.2 Å². The summed E-state index contributed by atoms with van der Waals surface area (Å²) in [6.45, 7) is 0.710. The molecule has 0 bridgehead atoms. The molecule has 1 unspecified atom stereocenters. The Morgan fingerprint density at radius 2 is 1.92 bits per heavy atom. The van der Waals surface area contributed by atoms with Crippen molar-refractivity contribution in [1.82, 2.24) is 14.8 Å². The van der Waals surface area contributed by atoms with Crippen molar-refractivity contribution >= 4 is 11.5 Å². The summed E-state index contributed by atoms with van der Waals surface area (Å²) in [5.74, 6) is -0.664. The van der Waals surface area contributed by atoms with E-state index in [9.17, 15) is 17.6 Å². The highest BCUT2D eigenvalue weighted by Gasteiger charge is 2.36. The lowest BCUT2D eigenvalue weighted by atomic mass is 10.0. The fraction of sp³-hybridized carbons (Fsp3) is 0.250. The first-order chi connectivity index (χ1) is 18.7. The number of halogens is 4. The minimum atomic E-state index is -4.74. The Kier molecular flexibility index (Phi) is 7.45. The number of anilines is 1. The van der Waals surface area contributed by atoms with Crippen LogP contribution in [0.4, 0.5) is 23.2 Å². The number of nitrogens with zero attached hydrogens (tertiary/aromatic N) is 3. The fourth-order valence-electron chi connectivity index (χ4n) is 4.14. The topological polar surface area (TPSA) is 102 Å². The third-order valence-corrected chi connectivity index (χ3v) is 6.38. The maximum atomic E-state index is 14.9. The molecule has 11 heteroatoms. The van der Waals surface area contributed by atoms with Gasteiger partial charge in [-0.3, -0.25) is 10.4 Å². The van der Waals surface area contributed by atoms with Crippen molar-refractivity contribution in [3.05, 3.63) is 107 Å². The first kappa shape index (κ1) is 26.5. The zero-order chi connectivity index (χ0) is 27.6. The highest BCUT2D eigenvalue weighted by molar-refractivity contribution is 6.05. The van der Waals surface area contributed by atoms with E-state index in [0.29, 0.717) is 23.7 Å². The summed E-state index contributed by atoms with van der Waals surface area (Å²) >= 11 is 0. The summed E-state index contributed by atoms with van der Waals surface area (Å²) in [6, 6.07) is 15.2. The number of rotatable bonds is 9. The molecule has 2 aromatic carbocycles. The van der Waals surface area contributed by atoms with Gasteiger partial charge in [-0.2, -0.15) is 18.3 Å². The molecule has 2 heterocycles. The van der Waals surface area contributed by atoms with Gasteiger partial charge in [0.25, 0.3) is 0 Å². The van der Waals surface area contributed by atoms with Crippen LogP contribution in [0, 0.1) is 17.1 Å². The van der Waals surface area contributed by atoms with Gasteiger partial charge in [0, 0.05) is 30.6 Å². The maximum Gasteiger partial charge on any atom is 0.435 e. The average molecular weight is 539 g/mol. The summed E-state index contributed by atoms with van der Waals surface area (Å²) < 4.78 is 62.8. The lowest BCUT2D eigenvalue weighted by Crippen LogP contribution is -2.18. The molecule has 5 rings (SSSR count). The maximum absolute atomic E-state index is 14.9. The Bertz CT molecular complexity index is 1470. The smallest absolute Gasteiger partial charge is 0.368 e. The van der Waals surface area contributed by atoms with Gasteiger partial charge < -0.3 is 15.8 Å². The molecule has 0 amide bonds. The van der Waals surface area contributed by atoms with Gasteiger partial charge in [0.1, 0.15) is 23.5 Å². The predicted molar refractivity (Wildman–Crippen MR) is 138 cm³/mol. The van der Waals surface area contributed by atoms with Gasteiger partial charge in [-0.15, -0.1) is 0 Å². The number of nitrogens with one attached hydrogen (secondary N) is 2. The second-order valence-electron chi connectivity index (χ2n) is 9.38. The van der Waals surface area contributed by atoms with Crippen molar-refractivity contribution in [2.75, 3.05) is 11.9 Å². The molecule has 202 valence electrons. The van der Waals surface area contributed by atoms with E-state index in [1.807, 2.05) is 6.07 Å². The summed E-state index contributed by atoms with van der Waals surface area (Å²) in [6.07, 6.45) is 0.220. The zero-order valence-electron chi connectivity index (χ0n) is 20.8. The fourth-order valence-corrected chi connectivity index (χ4v) is 4.14. The molecule has 7 nitrogen and oxygen atoms in total. The number of benzene rings is 2. The van der Waals surface area contributed by atoms with Gasteiger partial charge in [-0.25, -0.2) is 9.07 Å². The minimum Gasteiger partial charge on any atom is -0.368 e. The highest BCUT2D eigenvalue weighted by Crippen LogP contribution is 2.35. The predicted octanol–water partition coefficient (Wildman–Crippen LogP) is 5.84. The molecule has 2 aromatic heterocycles. The van der Waals surface area contributed by atoms with Crippen LogP contribution in [0.2, 0.25) is 0 Å². The third-order valence-electron chi connectivity index (χ3n) is 6.38. The second-order valence-corrected chi connectivity index (χ2v) is 9.38. The van der Waals surface area contributed by atoms with E-state index in [0.717, 1.165) is 29.2 Å². The average Bonchev–Trinajstić information content (AvgIpc) is 3.64. The van der Waals surface area contributed by atoms with Crippen molar-refractivity contribution in [3.8, 4) is 5.69 Å². The Morgan fingerprint density at radius 3 is 2.62 bits per heavy atom. The van der Waals surface area contributed by atoms with Crippen molar-refractivity contribution < 1.29 is 22.3 Å². The van der Waals surface area contributed by atoms with Crippen molar-refractivity contribution in [2.24, 2.45) is 11.7 Å². The van der Waals surface area contributed by atoms with Crippen molar-refractivity contribution in [1.29, 1.82) is 5.41 Å². The molecule has 0 aliphatic heterocycles. The monoisotopic (exact) mass is 538 g/mol. The van der Waals surface area contributed by atoms with Gasteiger partial charge in [0.2, 0.25) is 0 Å². The number of ether oxygens (including phenoxy) is 1. The van der Waals surface area contributed by atoms with Crippen LogP contribution in [0.15, 0.2) is 73.1 Å². The van der Waals surface area contributed by atoms with E-state index >= 15 is 0 Å². The molecule has 0 saturated heterocycles. The number of nitrogens with two attached hydrogens (primary N) is 1. The Labute approximate surface area is 222 Å². The molecule has 39 heavy (non-hydrogen) atoms. The van der Waals surface area contributed by atoms with E-state index in [4.69, 9.17) is 15.9 Å². The number of hydrogen-bond acceptors (Lipinski definition) is 5. The van der Waals surface area contributed by atoms with Crippen LogP contribution in [0.25, 0.3) is 5.69 Å². The summed E-state index contributed by atoms with van der Waals surface area (Å²) in [5.41, 5.74) is 6.58. The summed E-state index contributed by atoms with van der Waals surface area (Å²) in [4.78, 5) is 4.16. The number of alkyl halides is 3. The van der Waals surface area contributed by atoms with Crippen molar-refractivity contribution in [3.63, 3.8) is 0 Å². The summed E-state index contributed by atoms with van der Waals surface area (Å²) in [7, 11) is 0. The molecule has 1 atom stereocenters. The molecule has 0 spiro atoms. The number of amidine groups is 1. The molecular weight excluding hydrogens is 512 g/mol. The van der Waals surface area contributed by atoms with E-state index in [2.05, 4.69) is 15.4 Å². The molecule has 4 aromatic rings. The number of aromatic nitrogens is 3. The van der Waals surface area contributed by atoms with Crippen LogP contribution >= 0.6 is 0 Å². The quantitative estimate of drug-likeness (QED) is 0.141.